The largest absolute Gasteiger partial charge is 0.481 e. The zero-order chi connectivity index (χ0) is 26.4. The predicted molar refractivity (Wildman–Crippen MR) is 133 cm³/mol. The summed E-state index contributed by atoms with van der Waals surface area (Å²) in [6.07, 6.45) is 2.04. The van der Waals surface area contributed by atoms with Crippen LogP contribution in [0.15, 0.2) is 30.3 Å². The molecule has 0 radical (unpaired) electrons. The lowest BCUT2D eigenvalue weighted by molar-refractivity contribution is -0.141. The lowest BCUT2D eigenvalue weighted by Gasteiger charge is -2.30. The van der Waals surface area contributed by atoms with Crippen molar-refractivity contribution in [3.63, 3.8) is 0 Å². The predicted octanol–water partition coefficient (Wildman–Crippen LogP) is 3.19. The Hall–Kier alpha value is -2.94. The Kier molecular flexibility index (Phi) is 13.0. The normalized spacial score (nSPS) is 13.9. The van der Waals surface area contributed by atoms with E-state index in [9.17, 15) is 19.2 Å². The Balaban J connectivity index is 2.35. The molecule has 1 aromatic rings. The van der Waals surface area contributed by atoms with E-state index in [1.165, 1.54) is 0 Å². The fraction of sp³-hybridized carbons (Fsp3) is 0.615. The molecule has 0 spiro atoms. The monoisotopic (exact) mass is 491 g/mol. The summed E-state index contributed by atoms with van der Waals surface area (Å²) in [7, 11) is 0. The van der Waals surface area contributed by atoms with Crippen LogP contribution in [-0.2, 0) is 30.6 Å². The summed E-state index contributed by atoms with van der Waals surface area (Å²) in [5.74, 6) is -2.10. The third-order valence-electron chi connectivity index (χ3n) is 5.73. The van der Waals surface area contributed by atoms with Crippen molar-refractivity contribution < 1.29 is 29.1 Å². The second-order valence-electron chi connectivity index (χ2n) is 10.2. The number of rotatable bonds is 15. The smallest absolute Gasteiger partial charge is 0.306 e. The summed E-state index contributed by atoms with van der Waals surface area (Å²) < 4.78 is 0. The minimum Gasteiger partial charge on any atom is -0.481 e. The molecule has 3 atom stereocenters. The van der Waals surface area contributed by atoms with Gasteiger partial charge in [-0.05, 0) is 36.2 Å². The van der Waals surface area contributed by atoms with Crippen LogP contribution >= 0.6 is 0 Å². The summed E-state index contributed by atoms with van der Waals surface area (Å²) in [6, 6.07) is 8.79. The first-order valence-corrected chi connectivity index (χ1v) is 12.1. The maximum atomic E-state index is 12.6. The SMILES string of the molecule is CC(CCNC(=O)[C@@H](NC(=O)CC[C@@H](C)CCC(=O)NOCc1ccccc1)C(C)(C)C)C(=O)O. The van der Waals surface area contributed by atoms with Gasteiger partial charge in [-0.25, -0.2) is 5.48 Å². The lowest BCUT2D eigenvalue weighted by atomic mass is 9.85. The average Bonchev–Trinajstić information content (AvgIpc) is 2.79. The second kappa shape index (κ2) is 15.1. The molecule has 35 heavy (non-hydrogen) atoms. The standard InChI is InChI=1S/C26H41N3O6/c1-18(12-14-22(31)29-35-17-20-9-7-6-8-10-20)11-13-21(30)28-23(26(3,4)5)24(32)27-16-15-19(2)25(33)34/h6-10,18-19,23H,11-17H2,1-5H3,(H,27,32)(H,28,30)(H,29,31)(H,33,34)/t18-,19?,23-/m1/s1. The van der Waals surface area contributed by atoms with E-state index < -0.39 is 23.3 Å². The molecule has 4 N–H and O–H groups in total. The van der Waals surface area contributed by atoms with Gasteiger partial charge in [0.1, 0.15) is 6.04 Å². The minimum atomic E-state index is -0.911. The first kappa shape index (κ1) is 30.1. The molecule has 0 saturated carbocycles. The maximum Gasteiger partial charge on any atom is 0.306 e. The molecule has 0 heterocycles. The topological polar surface area (TPSA) is 134 Å². The van der Waals surface area contributed by atoms with Gasteiger partial charge in [-0.15, -0.1) is 0 Å². The van der Waals surface area contributed by atoms with Crippen molar-refractivity contribution in [2.24, 2.45) is 17.3 Å². The molecule has 1 aromatic carbocycles. The van der Waals surface area contributed by atoms with E-state index in [1.807, 2.05) is 58.0 Å². The lowest BCUT2D eigenvalue weighted by Crippen LogP contribution is -2.53. The quantitative estimate of drug-likeness (QED) is 0.279. The van der Waals surface area contributed by atoms with E-state index in [4.69, 9.17) is 9.94 Å². The summed E-state index contributed by atoms with van der Waals surface area (Å²) >= 11 is 0. The maximum absolute atomic E-state index is 12.6. The van der Waals surface area contributed by atoms with Crippen LogP contribution in [0.25, 0.3) is 0 Å². The van der Waals surface area contributed by atoms with Gasteiger partial charge in [-0.3, -0.25) is 24.0 Å². The molecule has 0 saturated heterocycles. The van der Waals surface area contributed by atoms with Gasteiger partial charge in [0, 0.05) is 19.4 Å². The fourth-order valence-corrected chi connectivity index (χ4v) is 3.27. The number of carboxylic acid groups (broad SMARTS) is 1. The van der Waals surface area contributed by atoms with Crippen LogP contribution in [0.2, 0.25) is 0 Å². The molecule has 0 aliphatic heterocycles. The Bertz CT molecular complexity index is 822. The number of nitrogens with one attached hydrogen (secondary N) is 3. The Morgan fingerprint density at radius 3 is 2.11 bits per heavy atom. The molecular formula is C26H41N3O6. The van der Waals surface area contributed by atoms with Crippen LogP contribution in [0.1, 0.15) is 72.3 Å². The number of carbonyl (C=O) groups is 4. The number of benzene rings is 1. The van der Waals surface area contributed by atoms with Crippen LogP contribution in [-0.4, -0.2) is 41.4 Å². The molecule has 9 heteroatoms. The average molecular weight is 492 g/mol. The molecule has 1 rings (SSSR count). The highest BCUT2D eigenvalue weighted by Crippen LogP contribution is 2.20. The first-order chi connectivity index (χ1) is 16.4. The first-order valence-electron chi connectivity index (χ1n) is 12.1. The molecule has 0 bridgehead atoms. The van der Waals surface area contributed by atoms with Gasteiger partial charge in [0.2, 0.25) is 17.7 Å². The fourth-order valence-electron chi connectivity index (χ4n) is 3.27. The van der Waals surface area contributed by atoms with Crippen molar-refractivity contribution in [1.82, 2.24) is 16.1 Å². The van der Waals surface area contributed by atoms with Gasteiger partial charge >= 0.3 is 5.97 Å². The van der Waals surface area contributed by atoms with E-state index >= 15 is 0 Å². The number of aliphatic carboxylic acids is 1. The molecule has 1 unspecified atom stereocenters. The van der Waals surface area contributed by atoms with Gasteiger partial charge in [0.15, 0.2) is 0 Å². The van der Waals surface area contributed by atoms with Gasteiger partial charge in [-0.1, -0.05) is 65.0 Å². The van der Waals surface area contributed by atoms with Crippen molar-refractivity contribution in [3.05, 3.63) is 35.9 Å². The van der Waals surface area contributed by atoms with Crippen LogP contribution in [0.3, 0.4) is 0 Å². The second-order valence-corrected chi connectivity index (χ2v) is 10.2. The van der Waals surface area contributed by atoms with E-state index in [-0.39, 0.29) is 36.6 Å². The highest BCUT2D eigenvalue weighted by atomic mass is 16.6. The van der Waals surface area contributed by atoms with Crippen molar-refractivity contribution in [2.45, 2.75) is 79.4 Å². The number of amides is 3. The van der Waals surface area contributed by atoms with E-state index in [0.717, 1.165) is 5.56 Å². The van der Waals surface area contributed by atoms with Crippen molar-refractivity contribution in [1.29, 1.82) is 0 Å². The Morgan fingerprint density at radius 1 is 0.943 bits per heavy atom. The zero-order valence-electron chi connectivity index (χ0n) is 21.6. The van der Waals surface area contributed by atoms with Gasteiger partial charge < -0.3 is 15.7 Å². The van der Waals surface area contributed by atoms with Crippen LogP contribution in [0.4, 0.5) is 0 Å². The molecule has 3 amide bonds. The van der Waals surface area contributed by atoms with Crippen LogP contribution in [0.5, 0.6) is 0 Å². The number of carbonyl (C=O) groups excluding carboxylic acids is 3. The van der Waals surface area contributed by atoms with Crippen LogP contribution < -0.4 is 16.1 Å². The third kappa shape index (κ3) is 12.9. The third-order valence-corrected chi connectivity index (χ3v) is 5.73. The van der Waals surface area contributed by atoms with Crippen molar-refractivity contribution in [2.75, 3.05) is 6.54 Å². The summed E-state index contributed by atoms with van der Waals surface area (Å²) in [5.41, 5.74) is 2.89. The molecule has 0 aromatic heterocycles. The van der Waals surface area contributed by atoms with Crippen LogP contribution in [0, 0.1) is 17.3 Å². The highest BCUT2D eigenvalue weighted by molar-refractivity contribution is 5.88. The van der Waals surface area contributed by atoms with Gasteiger partial charge in [0.25, 0.3) is 0 Å². The van der Waals surface area contributed by atoms with Crippen molar-refractivity contribution in [3.8, 4) is 0 Å². The molecule has 196 valence electrons. The number of hydroxylamine groups is 1. The molecular weight excluding hydrogens is 450 g/mol. The minimum absolute atomic E-state index is 0.139. The summed E-state index contributed by atoms with van der Waals surface area (Å²) in [4.78, 5) is 53.3. The van der Waals surface area contributed by atoms with Gasteiger partial charge in [0.05, 0.1) is 12.5 Å². The Labute approximate surface area is 208 Å². The Morgan fingerprint density at radius 2 is 1.54 bits per heavy atom. The molecule has 0 aliphatic rings. The number of hydrogen-bond donors (Lipinski definition) is 4. The number of carboxylic acids is 1. The number of hydrogen-bond acceptors (Lipinski definition) is 5. The molecule has 0 aliphatic carbocycles. The molecule has 9 nitrogen and oxygen atoms in total. The van der Waals surface area contributed by atoms with E-state index in [0.29, 0.717) is 32.3 Å². The van der Waals surface area contributed by atoms with Gasteiger partial charge in [-0.2, -0.15) is 0 Å². The summed E-state index contributed by atoms with van der Waals surface area (Å²) in [5, 5.41) is 14.5. The zero-order valence-corrected chi connectivity index (χ0v) is 21.6. The van der Waals surface area contributed by atoms with Crippen molar-refractivity contribution >= 4 is 23.7 Å². The molecule has 0 fully saturated rings. The highest BCUT2D eigenvalue weighted by Gasteiger charge is 2.32. The van der Waals surface area contributed by atoms with E-state index in [1.54, 1.807) is 6.92 Å². The summed E-state index contributed by atoms with van der Waals surface area (Å²) in [6.45, 7) is 9.66. The van der Waals surface area contributed by atoms with E-state index in [2.05, 4.69) is 16.1 Å².